The summed E-state index contributed by atoms with van der Waals surface area (Å²) in [6.45, 7) is 0.175. The Morgan fingerprint density at radius 1 is 1.00 bits per heavy atom. The molecule has 106 valence electrons. The number of aliphatic hydroxyl groups is 1. The maximum atomic E-state index is 11.7. The second-order valence-electron chi connectivity index (χ2n) is 4.43. The lowest BCUT2D eigenvalue weighted by Crippen LogP contribution is -2.26. The normalized spacial score (nSPS) is 9.57. The smallest absolute Gasteiger partial charge is 0.251 e. The van der Waals surface area contributed by atoms with E-state index in [1.807, 2.05) is 12.1 Å². The van der Waals surface area contributed by atoms with Gasteiger partial charge in [0.15, 0.2) is 0 Å². The molecule has 2 rings (SSSR count). The number of hydrogen-bond donors (Lipinski definition) is 3. The number of carbonyl (C=O) groups is 1. The molecular formula is C17H16N2O2. The number of anilines is 1. The molecule has 2 aromatic rings. The Bertz CT molecular complexity index is 665. The predicted molar refractivity (Wildman–Crippen MR) is 82.7 cm³/mol. The van der Waals surface area contributed by atoms with Crippen LogP contribution >= 0.6 is 0 Å². The summed E-state index contributed by atoms with van der Waals surface area (Å²) in [6.07, 6.45) is 0. The van der Waals surface area contributed by atoms with Crippen molar-refractivity contribution in [2.75, 3.05) is 18.9 Å². The van der Waals surface area contributed by atoms with Crippen LogP contribution in [0.1, 0.15) is 21.5 Å². The molecule has 0 spiro atoms. The van der Waals surface area contributed by atoms with Crippen LogP contribution in [0.25, 0.3) is 0 Å². The average molecular weight is 280 g/mol. The summed E-state index contributed by atoms with van der Waals surface area (Å²) in [5, 5.41) is 11.3. The number of rotatable bonds is 3. The van der Waals surface area contributed by atoms with Crippen molar-refractivity contribution in [2.24, 2.45) is 0 Å². The van der Waals surface area contributed by atoms with Crippen molar-refractivity contribution in [1.29, 1.82) is 0 Å². The molecule has 0 aliphatic rings. The molecule has 0 saturated heterocycles. The van der Waals surface area contributed by atoms with Crippen LogP contribution in [0.2, 0.25) is 0 Å². The second-order valence-corrected chi connectivity index (χ2v) is 4.43. The lowest BCUT2D eigenvalue weighted by Gasteiger charge is -2.02. The Morgan fingerprint density at radius 2 is 1.52 bits per heavy atom. The highest BCUT2D eigenvalue weighted by atomic mass is 16.3. The summed E-state index contributed by atoms with van der Waals surface area (Å²) in [5.41, 5.74) is 8.57. The lowest BCUT2D eigenvalue weighted by molar-refractivity contribution is 0.0945. The maximum absolute atomic E-state index is 11.7. The summed E-state index contributed by atoms with van der Waals surface area (Å²) in [6, 6.07) is 14.3. The first-order chi connectivity index (χ1) is 10.2. The summed E-state index contributed by atoms with van der Waals surface area (Å²) >= 11 is 0. The monoisotopic (exact) mass is 280 g/mol. The molecule has 0 fully saturated rings. The van der Waals surface area contributed by atoms with Crippen LogP contribution in [0.15, 0.2) is 48.5 Å². The van der Waals surface area contributed by atoms with Crippen molar-refractivity contribution in [3.05, 3.63) is 65.2 Å². The van der Waals surface area contributed by atoms with Crippen LogP contribution in [-0.2, 0) is 0 Å². The number of carbonyl (C=O) groups excluding carboxylic acids is 1. The molecule has 4 nitrogen and oxygen atoms in total. The Hall–Kier alpha value is -2.77. The van der Waals surface area contributed by atoms with Gasteiger partial charge in [-0.2, -0.15) is 0 Å². The molecule has 0 aliphatic heterocycles. The number of nitrogens with one attached hydrogen (secondary N) is 1. The first kappa shape index (κ1) is 14.6. The fourth-order valence-corrected chi connectivity index (χ4v) is 1.69. The standard InChI is InChI=1S/C17H16N2O2/c18-16-9-5-14(6-10-16)2-1-13-3-7-15(8-4-13)17(21)19-11-12-20/h3-10,20H,11-12,18H2,(H,19,21). The molecule has 1 amide bonds. The molecule has 0 heterocycles. The molecule has 0 unspecified atom stereocenters. The van der Waals surface area contributed by atoms with E-state index in [2.05, 4.69) is 17.2 Å². The van der Waals surface area contributed by atoms with Crippen molar-refractivity contribution in [2.45, 2.75) is 0 Å². The van der Waals surface area contributed by atoms with E-state index in [1.165, 1.54) is 0 Å². The zero-order chi connectivity index (χ0) is 15.1. The molecule has 0 radical (unpaired) electrons. The average Bonchev–Trinajstić information content (AvgIpc) is 2.52. The van der Waals surface area contributed by atoms with E-state index in [1.54, 1.807) is 36.4 Å². The fourth-order valence-electron chi connectivity index (χ4n) is 1.69. The summed E-state index contributed by atoms with van der Waals surface area (Å²) in [5.74, 6) is 5.85. The SMILES string of the molecule is Nc1ccc(C#Cc2ccc(C(=O)NCCO)cc2)cc1. The van der Waals surface area contributed by atoms with E-state index >= 15 is 0 Å². The summed E-state index contributed by atoms with van der Waals surface area (Å²) < 4.78 is 0. The third-order valence-electron chi connectivity index (χ3n) is 2.81. The quantitative estimate of drug-likeness (QED) is 0.587. The van der Waals surface area contributed by atoms with Gasteiger partial charge in [0.25, 0.3) is 5.91 Å². The molecule has 0 saturated carbocycles. The number of nitrogen functional groups attached to an aromatic ring is 1. The number of nitrogens with two attached hydrogens (primary N) is 1. The molecule has 4 N–H and O–H groups in total. The van der Waals surface area contributed by atoms with E-state index in [0.717, 1.165) is 11.1 Å². The number of aliphatic hydroxyl groups excluding tert-OH is 1. The van der Waals surface area contributed by atoms with Gasteiger partial charge in [0.05, 0.1) is 6.61 Å². The van der Waals surface area contributed by atoms with Gasteiger partial charge in [-0.25, -0.2) is 0 Å². The van der Waals surface area contributed by atoms with Crippen molar-refractivity contribution in [3.63, 3.8) is 0 Å². The minimum absolute atomic E-state index is 0.0725. The molecule has 0 bridgehead atoms. The Kier molecular flexibility index (Phi) is 4.97. The first-order valence-corrected chi connectivity index (χ1v) is 6.56. The minimum atomic E-state index is -0.206. The summed E-state index contributed by atoms with van der Waals surface area (Å²) in [7, 11) is 0. The zero-order valence-electron chi connectivity index (χ0n) is 11.5. The highest BCUT2D eigenvalue weighted by molar-refractivity contribution is 5.94. The molecule has 4 heteroatoms. The van der Waals surface area contributed by atoms with E-state index in [9.17, 15) is 4.79 Å². The maximum Gasteiger partial charge on any atom is 0.251 e. The van der Waals surface area contributed by atoms with Crippen LogP contribution in [0, 0.1) is 11.8 Å². The van der Waals surface area contributed by atoms with Crippen LogP contribution < -0.4 is 11.1 Å². The van der Waals surface area contributed by atoms with Crippen LogP contribution in [0.5, 0.6) is 0 Å². The third-order valence-corrected chi connectivity index (χ3v) is 2.81. The van der Waals surface area contributed by atoms with E-state index < -0.39 is 0 Å². The van der Waals surface area contributed by atoms with Gasteiger partial charge in [0.2, 0.25) is 0 Å². The fraction of sp³-hybridized carbons (Fsp3) is 0.118. The van der Waals surface area contributed by atoms with Crippen LogP contribution in [0.4, 0.5) is 5.69 Å². The van der Waals surface area contributed by atoms with Crippen molar-refractivity contribution in [3.8, 4) is 11.8 Å². The van der Waals surface area contributed by atoms with Gasteiger partial charge in [0, 0.05) is 28.9 Å². The molecule has 0 atom stereocenters. The molecule has 0 aliphatic carbocycles. The van der Waals surface area contributed by atoms with Crippen LogP contribution in [0.3, 0.4) is 0 Å². The van der Waals surface area contributed by atoms with Crippen molar-refractivity contribution >= 4 is 11.6 Å². The molecular weight excluding hydrogens is 264 g/mol. The Labute approximate surface area is 123 Å². The first-order valence-electron chi connectivity index (χ1n) is 6.56. The van der Waals surface area contributed by atoms with Gasteiger partial charge in [-0.1, -0.05) is 11.8 Å². The molecule has 21 heavy (non-hydrogen) atoms. The lowest BCUT2D eigenvalue weighted by atomic mass is 10.1. The highest BCUT2D eigenvalue weighted by Gasteiger charge is 2.03. The number of amides is 1. The highest BCUT2D eigenvalue weighted by Crippen LogP contribution is 2.06. The van der Waals surface area contributed by atoms with E-state index in [-0.39, 0.29) is 19.1 Å². The topological polar surface area (TPSA) is 75.4 Å². The zero-order valence-corrected chi connectivity index (χ0v) is 11.5. The Morgan fingerprint density at radius 3 is 2.05 bits per heavy atom. The largest absolute Gasteiger partial charge is 0.399 e. The van der Waals surface area contributed by atoms with Gasteiger partial charge >= 0.3 is 0 Å². The predicted octanol–water partition coefficient (Wildman–Crippen LogP) is 1.39. The number of hydrogen-bond acceptors (Lipinski definition) is 3. The summed E-state index contributed by atoms with van der Waals surface area (Å²) in [4.78, 5) is 11.7. The molecule has 2 aromatic carbocycles. The Balaban J connectivity index is 2.06. The van der Waals surface area contributed by atoms with Gasteiger partial charge < -0.3 is 16.2 Å². The van der Waals surface area contributed by atoms with Crippen molar-refractivity contribution < 1.29 is 9.90 Å². The second kappa shape index (κ2) is 7.13. The molecule has 0 aromatic heterocycles. The van der Waals surface area contributed by atoms with Gasteiger partial charge in [-0.3, -0.25) is 4.79 Å². The number of benzene rings is 2. The third kappa shape index (κ3) is 4.37. The van der Waals surface area contributed by atoms with E-state index in [4.69, 9.17) is 10.8 Å². The van der Waals surface area contributed by atoms with Crippen LogP contribution in [-0.4, -0.2) is 24.2 Å². The van der Waals surface area contributed by atoms with Gasteiger partial charge in [-0.15, -0.1) is 0 Å². The van der Waals surface area contributed by atoms with Gasteiger partial charge in [0.1, 0.15) is 0 Å². The van der Waals surface area contributed by atoms with Gasteiger partial charge in [-0.05, 0) is 48.5 Å². The van der Waals surface area contributed by atoms with E-state index in [0.29, 0.717) is 11.3 Å². The minimum Gasteiger partial charge on any atom is -0.399 e. The van der Waals surface area contributed by atoms with Crippen molar-refractivity contribution in [1.82, 2.24) is 5.32 Å².